The molecular weight excluding hydrogens is 426 g/mol. The van der Waals surface area contributed by atoms with E-state index in [4.69, 9.17) is 4.42 Å². The lowest BCUT2D eigenvalue weighted by Crippen LogP contribution is -2.34. The molecule has 9 heteroatoms. The molecule has 4 aromatic rings. The van der Waals surface area contributed by atoms with Gasteiger partial charge in [-0.15, -0.1) is 10.2 Å². The summed E-state index contributed by atoms with van der Waals surface area (Å²) in [6, 6.07) is 18.0. The molecule has 0 atom stereocenters. The summed E-state index contributed by atoms with van der Waals surface area (Å²) >= 11 is 0. The first-order chi connectivity index (χ1) is 15.6. The molecule has 0 aliphatic carbocycles. The highest BCUT2D eigenvalue weighted by molar-refractivity contribution is 7.89. The summed E-state index contributed by atoms with van der Waals surface area (Å²) in [5, 5.41) is 8.20. The molecular formula is C23H19N5O3S. The fraction of sp³-hybridized carbons (Fsp3) is 0.130. The number of benzene rings is 2. The van der Waals surface area contributed by atoms with Gasteiger partial charge in [0, 0.05) is 18.7 Å². The van der Waals surface area contributed by atoms with Crippen LogP contribution in [-0.4, -0.2) is 46.0 Å². The van der Waals surface area contributed by atoms with E-state index in [1.165, 1.54) is 4.31 Å². The Balaban J connectivity index is 1.36. The Kier molecular flexibility index (Phi) is 5.34. The average Bonchev–Trinajstić information content (AvgIpc) is 3.36. The minimum Gasteiger partial charge on any atom is -0.415 e. The van der Waals surface area contributed by atoms with Gasteiger partial charge in [-0.3, -0.25) is 4.98 Å². The van der Waals surface area contributed by atoms with E-state index in [-0.39, 0.29) is 12.4 Å². The molecule has 1 aliphatic rings. The molecule has 8 nitrogen and oxygen atoms in total. The predicted molar refractivity (Wildman–Crippen MR) is 119 cm³/mol. The summed E-state index contributed by atoms with van der Waals surface area (Å²) in [5.41, 5.74) is 2.89. The maximum absolute atomic E-state index is 12.8. The molecule has 2 aromatic carbocycles. The van der Waals surface area contributed by atoms with Crippen LogP contribution in [0.15, 0.2) is 88.4 Å². The fourth-order valence-electron chi connectivity index (χ4n) is 3.49. The standard InChI is InChI=1S/C23H19N5O3S/c29-32(30,19-9-5-2-6-10-19)28-13-11-17(12-14-28)20-15-24-16-21(25-20)23-27-26-22(31-23)18-7-3-1-4-8-18/h1-11,15-16H,12-14H2. The third-order valence-corrected chi connectivity index (χ3v) is 7.06. The summed E-state index contributed by atoms with van der Waals surface area (Å²) in [6.07, 6.45) is 5.64. The van der Waals surface area contributed by atoms with Crippen LogP contribution in [0.2, 0.25) is 0 Å². The zero-order chi connectivity index (χ0) is 22.0. The van der Waals surface area contributed by atoms with Crippen LogP contribution in [0.4, 0.5) is 0 Å². The highest BCUT2D eigenvalue weighted by atomic mass is 32.2. The number of aromatic nitrogens is 4. The summed E-state index contributed by atoms with van der Waals surface area (Å²) in [6.45, 7) is 0.644. The molecule has 2 aromatic heterocycles. The van der Waals surface area contributed by atoms with Gasteiger partial charge in [-0.1, -0.05) is 42.5 Å². The highest BCUT2D eigenvalue weighted by Crippen LogP contribution is 2.27. The Labute approximate surface area is 185 Å². The van der Waals surface area contributed by atoms with E-state index in [2.05, 4.69) is 20.2 Å². The van der Waals surface area contributed by atoms with Crippen molar-refractivity contribution in [3.8, 4) is 23.0 Å². The SMILES string of the molecule is O=S(=O)(c1ccccc1)N1CC=C(c2cncc(-c3nnc(-c4ccccc4)o3)n2)CC1. The molecule has 0 fully saturated rings. The van der Waals surface area contributed by atoms with Crippen molar-refractivity contribution >= 4 is 15.6 Å². The monoisotopic (exact) mass is 445 g/mol. The molecule has 5 rings (SSSR count). The van der Waals surface area contributed by atoms with Crippen molar-refractivity contribution in [2.75, 3.05) is 13.1 Å². The first-order valence-corrected chi connectivity index (χ1v) is 11.5. The van der Waals surface area contributed by atoms with E-state index in [1.54, 1.807) is 42.7 Å². The van der Waals surface area contributed by atoms with Crippen molar-refractivity contribution in [2.24, 2.45) is 0 Å². The van der Waals surface area contributed by atoms with E-state index < -0.39 is 10.0 Å². The smallest absolute Gasteiger partial charge is 0.268 e. The molecule has 0 radical (unpaired) electrons. The maximum Gasteiger partial charge on any atom is 0.268 e. The zero-order valence-electron chi connectivity index (χ0n) is 17.0. The molecule has 160 valence electrons. The van der Waals surface area contributed by atoms with E-state index in [9.17, 15) is 8.42 Å². The molecule has 0 unspecified atom stereocenters. The van der Waals surface area contributed by atoms with Crippen molar-refractivity contribution in [2.45, 2.75) is 11.3 Å². The van der Waals surface area contributed by atoms with Gasteiger partial charge < -0.3 is 4.42 Å². The Morgan fingerprint density at radius 3 is 2.25 bits per heavy atom. The summed E-state index contributed by atoms with van der Waals surface area (Å²) in [4.78, 5) is 9.19. The van der Waals surface area contributed by atoms with E-state index >= 15 is 0 Å². The lowest BCUT2D eigenvalue weighted by Gasteiger charge is -2.25. The quantitative estimate of drug-likeness (QED) is 0.462. The van der Waals surface area contributed by atoms with Gasteiger partial charge in [0.05, 0.1) is 23.0 Å². The van der Waals surface area contributed by atoms with Crippen molar-refractivity contribution in [3.63, 3.8) is 0 Å². The van der Waals surface area contributed by atoms with Crippen LogP contribution in [0.5, 0.6) is 0 Å². The molecule has 1 aliphatic heterocycles. The molecule has 0 spiro atoms. The summed E-state index contributed by atoms with van der Waals surface area (Å²) < 4.78 is 32.9. The molecule has 3 heterocycles. The van der Waals surface area contributed by atoms with Crippen LogP contribution in [0.25, 0.3) is 28.6 Å². The molecule has 0 bridgehead atoms. The van der Waals surface area contributed by atoms with Crippen molar-refractivity contribution in [3.05, 3.63) is 84.8 Å². The first-order valence-electron chi connectivity index (χ1n) is 10.1. The van der Waals surface area contributed by atoms with Gasteiger partial charge in [-0.2, -0.15) is 4.31 Å². The minimum absolute atomic E-state index is 0.275. The Hall–Kier alpha value is -3.69. The normalized spacial score (nSPS) is 14.8. The second-order valence-electron chi connectivity index (χ2n) is 7.22. The Morgan fingerprint density at radius 1 is 0.844 bits per heavy atom. The van der Waals surface area contributed by atoms with Crippen molar-refractivity contribution in [1.29, 1.82) is 0 Å². The van der Waals surface area contributed by atoms with Crippen LogP contribution < -0.4 is 0 Å². The van der Waals surface area contributed by atoms with Gasteiger partial charge in [0.15, 0.2) is 0 Å². The van der Waals surface area contributed by atoms with Gasteiger partial charge in [0.1, 0.15) is 5.69 Å². The summed E-state index contributed by atoms with van der Waals surface area (Å²) in [7, 11) is -3.52. The number of hydrogen-bond acceptors (Lipinski definition) is 7. The van der Waals surface area contributed by atoms with Crippen LogP contribution in [0.3, 0.4) is 0 Å². The third kappa shape index (κ3) is 3.95. The molecule has 0 saturated carbocycles. The second kappa shape index (κ2) is 8.45. The van der Waals surface area contributed by atoms with Gasteiger partial charge in [0.25, 0.3) is 5.89 Å². The highest BCUT2D eigenvalue weighted by Gasteiger charge is 2.26. The van der Waals surface area contributed by atoms with Gasteiger partial charge >= 0.3 is 0 Å². The van der Waals surface area contributed by atoms with E-state index in [0.29, 0.717) is 35.1 Å². The van der Waals surface area contributed by atoms with Gasteiger partial charge in [-0.05, 0) is 36.3 Å². The number of rotatable bonds is 5. The first kappa shape index (κ1) is 20.2. The predicted octanol–water partition coefficient (Wildman–Crippen LogP) is 3.67. The largest absolute Gasteiger partial charge is 0.415 e. The van der Waals surface area contributed by atoms with Gasteiger partial charge in [0.2, 0.25) is 15.9 Å². The zero-order valence-corrected chi connectivity index (χ0v) is 17.8. The number of hydrogen-bond donors (Lipinski definition) is 0. The Morgan fingerprint density at radius 2 is 1.53 bits per heavy atom. The lowest BCUT2D eigenvalue weighted by molar-refractivity contribution is 0.441. The fourth-order valence-corrected chi connectivity index (χ4v) is 4.89. The van der Waals surface area contributed by atoms with E-state index in [0.717, 1.165) is 11.1 Å². The number of nitrogens with zero attached hydrogens (tertiary/aromatic N) is 5. The number of sulfonamides is 1. The molecule has 0 N–H and O–H groups in total. The van der Waals surface area contributed by atoms with Crippen LogP contribution in [0, 0.1) is 0 Å². The average molecular weight is 446 g/mol. The van der Waals surface area contributed by atoms with Gasteiger partial charge in [-0.25, -0.2) is 13.4 Å². The van der Waals surface area contributed by atoms with Crippen LogP contribution in [0.1, 0.15) is 12.1 Å². The second-order valence-corrected chi connectivity index (χ2v) is 9.16. The van der Waals surface area contributed by atoms with Crippen molar-refractivity contribution in [1.82, 2.24) is 24.5 Å². The van der Waals surface area contributed by atoms with Crippen LogP contribution >= 0.6 is 0 Å². The minimum atomic E-state index is -3.52. The van der Waals surface area contributed by atoms with Crippen LogP contribution in [-0.2, 0) is 10.0 Å². The van der Waals surface area contributed by atoms with E-state index in [1.807, 2.05) is 36.4 Å². The molecule has 0 saturated heterocycles. The molecule has 32 heavy (non-hydrogen) atoms. The summed E-state index contributed by atoms with van der Waals surface area (Å²) in [5.74, 6) is 0.689. The topological polar surface area (TPSA) is 102 Å². The lowest BCUT2D eigenvalue weighted by atomic mass is 10.1. The maximum atomic E-state index is 12.8. The van der Waals surface area contributed by atoms with Crippen molar-refractivity contribution < 1.29 is 12.8 Å². The Bertz CT molecular complexity index is 1370. The third-order valence-electron chi connectivity index (χ3n) is 5.18. The molecule has 0 amide bonds.